The maximum atomic E-state index is 11.6. The zero-order chi connectivity index (χ0) is 14.0. The van der Waals surface area contributed by atoms with Crippen LogP contribution in [0.25, 0.3) is 11.3 Å². The Morgan fingerprint density at radius 1 is 1.26 bits per heavy atom. The molecule has 3 N–H and O–H groups in total. The van der Waals surface area contributed by atoms with Gasteiger partial charge >= 0.3 is 0 Å². The molecule has 2 amide bonds. The van der Waals surface area contributed by atoms with Crippen LogP contribution in [0.5, 0.6) is 0 Å². The molecule has 1 heterocycles. The van der Waals surface area contributed by atoms with Gasteiger partial charge in [0.15, 0.2) is 5.76 Å². The zero-order valence-corrected chi connectivity index (χ0v) is 11.7. The first-order valence-corrected chi connectivity index (χ1v) is 6.24. The van der Waals surface area contributed by atoms with Gasteiger partial charge in [-0.05, 0) is 30.3 Å². The second-order valence-electron chi connectivity index (χ2n) is 3.91. The first-order chi connectivity index (χ1) is 8.97. The number of imide groups is 1. The van der Waals surface area contributed by atoms with E-state index in [9.17, 15) is 9.59 Å². The van der Waals surface area contributed by atoms with Crippen molar-refractivity contribution in [2.45, 2.75) is 6.92 Å². The lowest BCUT2D eigenvalue weighted by atomic mass is 10.1. The summed E-state index contributed by atoms with van der Waals surface area (Å²) < 4.78 is 6.25. The minimum absolute atomic E-state index is 0.0625. The fourth-order valence-corrected chi connectivity index (χ4v) is 1.96. The molecule has 0 saturated heterocycles. The average molecular weight is 323 g/mol. The van der Waals surface area contributed by atoms with Crippen molar-refractivity contribution in [1.82, 2.24) is 5.32 Å². The van der Waals surface area contributed by atoms with Crippen LogP contribution in [0.3, 0.4) is 0 Å². The number of rotatable bonds is 2. The average Bonchev–Trinajstić information content (AvgIpc) is 2.77. The van der Waals surface area contributed by atoms with Crippen molar-refractivity contribution in [2.75, 3.05) is 5.73 Å². The number of benzene rings is 1. The summed E-state index contributed by atoms with van der Waals surface area (Å²) in [7, 11) is 0. The summed E-state index contributed by atoms with van der Waals surface area (Å²) in [5.41, 5.74) is 7.09. The SMILES string of the molecule is CC(=O)NC(=O)c1ccc(-c2ccc(Br)cc2N)o1. The van der Waals surface area contributed by atoms with Gasteiger partial charge in [0.25, 0.3) is 5.91 Å². The van der Waals surface area contributed by atoms with E-state index in [1.54, 1.807) is 18.2 Å². The molecule has 0 spiro atoms. The van der Waals surface area contributed by atoms with Crippen LogP contribution in [-0.2, 0) is 4.79 Å². The first-order valence-electron chi connectivity index (χ1n) is 5.44. The fourth-order valence-electron chi connectivity index (χ4n) is 1.58. The number of hydrogen-bond donors (Lipinski definition) is 2. The molecule has 98 valence electrons. The minimum atomic E-state index is -0.575. The van der Waals surface area contributed by atoms with E-state index in [-0.39, 0.29) is 5.76 Å². The normalized spacial score (nSPS) is 10.2. The highest BCUT2D eigenvalue weighted by Crippen LogP contribution is 2.29. The van der Waals surface area contributed by atoms with Gasteiger partial charge in [-0.15, -0.1) is 0 Å². The number of carbonyl (C=O) groups excluding carboxylic acids is 2. The summed E-state index contributed by atoms with van der Waals surface area (Å²) in [6, 6.07) is 8.48. The van der Waals surface area contributed by atoms with Crippen LogP contribution in [-0.4, -0.2) is 11.8 Å². The van der Waals surface area contributed by atoms with Gasteiger partial charge in [-0.25, -0.2) is 0 Å². The molecule has 19 heavy (non-hydrogen) atoms. The predicted molar refractivity (Wildman–Crippen MR) is 74.4 cm³/mol. The number of hydrogen-bond acceptors (Lipinski definition) is 4. The van der Waals surface area contributed by atoms with Crippen LogP contribution < -0.4 is 11.1 Å². The summed E-state index contributed by atoms with van der Waals surface area (Å²) in [5, 5.41) is 2.14. The highest BCUT2D eigenvalue weighted by Gasteiger charge is 2.14. The molecule has 0 saturated carbocycles. The number of halogens is 1. The molecule has 0 unspecified atom stereocenters. The monoisotopic (exact) mass is 322 g/mol. The standard InChI is InChI=1S/C13H11BrN2O3/c1-7(17)16-13(18)12-5-4-11(19-12)9-3-2-8(14)6-10(9)15/h2-6H,15H2,1H3,(H,16,17,18). The van der Waals surface area contributed by atoms with Crippen molar-refractivity contribution in [3.05, 3.63) is 40.6 Å². The van der Waals surface area contributed by atoms with Crippen LogP contribution in [0.1, 0.15) is 17.5 Å². The molecule has 6 heteroatoms. The van der Waals surface area contributed by atoms with E-state index >= 15 is 0 Å². The van der Waals surface area contributed by atoms with Crippen LogP contribution in [0.4, 0.5) is 5.69 Å². The maximum absolute atomic E-state index is 11.6. The third-order valence-corrected chi connectivity index (χ3v) is 2.89. The molecule has 0 aliphatic heterocycles. The topological polar surface area (TPSA) is 85.3 Å². The first kappa shape index (κ1) is 13.4. The van der Waals surface area contributed by atoms with Crippen molar-refractivity contribution < 1.29 is 14.0 Å². The van der Waals surface area contributed by atoms with E-state index in [0.29, 0.717) is 17.0 Å². The smallest absolute Gasteiger partial charge is 0.293 e. The molecular formula is C13H11BrN2O3. The van der Waals surface area contributed by atoms with Gasteiger partial charge in [-0.2, -0.15) is 0 Å². The number of nitrogen functional groups attached to an aromatic ring is 1. The third-order valence-electron chi connectivity index (χ3n) is 2.40. The number of anilines is 1. The second kappa shape index (κ2) is 5.27. The molecule has 5 nitrogen and oxygen atoms in total. The Kier molecular flexibility index (Phi) is 3.71. The van der Waals surface area contributed by atoms with Crippen LogP contribution >= 0.6 is 15.9 Å². The minimum Gasteiger partial charge on any atom is -0.451 e. The van der Waals surface area contributed by atoms with E-state index in [1.807, 2.05) is 6.07 Å². The fraction of sp³-hybridized carbons (Fsp3) is 0.0769. The molecule has 0 radical (unpaired) electrons. The Labute approximate surface area is 117 Å². The number of carbonyl (C=O) groups is 2. The Morgan fingerprint density at radius 2 is 2.00 bits per heavy atom. The maximum Gasteiger partial charge on any atom is 0.293 e. The molecule has 0 aliphatic rings. The lowest BCUT2D eigenvalue weighted by Gasteiger charge is -2.03. The highest BCUT2D eigenvalue weighted by molar-refractivity contribution is 9.10. The lowest BCUT2D eigenvalue weighted by molar-refractivity contribution is -0.118. The van der Waals surface area contributed by atoms with Crippen molar-refractivity contribution >= 4 is 33.4 Å². The van der Waals surface area contributed by atoms with Crippen LogP contribution in [0.2, 0.25) is 0 Å². The summed E-state index contributed by atoms with van der Waals surface area (Å²) in [4.78, 5) is 22.4. The van der Waals surface area contributed by atoms with Crippen LogP contribution in [0.15, 0.2) is 39.2 Å². The van der Waals surface area contributed by atoms with Crippen molar-refractivity contribution in [3.8, 4) is 11.3 Å². The van der Waals surface area contributed by atoms with Gasteiger partial charge in [-0.1, -0.05) is 15.9 Å². The van der Waals surface area contributed by atoms with Gasteiger partial charge in [0.2, 0.25) is 5.91 Å². The van der Waals surface area contributed by atoms with Crippen molar-refractivity contribution in [3.63, 3.8) is 0 Å². The molecule has 1 aromatic carbocycles. The molecule has 0 aliphatic carbocycles. The molecular weight excluding hydrogens is 312 g/mol. The number of nitrogens with two attached hydrogens (primary N) is 1. The molecule has 2 aromatic rings. The Hall–Kier alpha value is -2.08. The third kappa shape index (κ3) is 3.03. The van der Waals surface area contributed by atoms with E-state index in [1.165, 1.54) is 13.0 Å². The second-order valence-corrected chi connectivity index (χ2v) is 4.82. The number of amides is 2. The zero-order valence-electron chi connectivity index (χ0n) is 10.1. The quantitative estimate of drug-likeness (QED) is 0.832. The number of nitrogens with one attached hydrogen (secondary N) is 1. The summed E-state index contributed by atoms with van der Waals surface area (Å²) >= 11 is 3.31. The van der Waals surface area contributed by atoms with Crippen LogP contribution in [0, 0.1) is 0 Å². The summed E-state index contributed by atoms with van der Waals surface area (Å²) in [6.07, 6.45) is 0. The molecule has 0 atom stereocenters. The van der Waals surface area contributed by atoms with Gasteiger partial charge in [0, 0.05) is 22.6 Å². The van der Waals surface area contributed by atoms with E-state index < -0.39 is 11.8 Å². The highest BCUT2D eigenvalue weighted by atomic mass is 79.9. The lowest BCUT2D eigenvalue weighted by Crippen LogP contribution is -2.27. The molecule has 0 fully saturated rings. The van der Waals surface area contributed by atoms with Gasteiger partial charge in [-0.3, -0.25) is 14.9 Å². The van der Waals surface area contributed by atoms with Crippen molar-refractivity contribution in [2.24, 2.45) is 0 Å². The van der Waals surface area contributed by atoms with E-state index in [2.05, 4.69) is 21.2 Å². The van der Waals surface area contributed by atoms with Gasteiger partial charge < -0.3 is 10.2 Å². The molecule has 2 rings (SSSR count). The Bertz CT molecular complexity index is 649. The van der Waals surface area contributed by atoms with Gasteiger partial charge in [0.1, 0.15) is 5.76 Å². The predicted octanol–water partition coefficient (Wildman–Crippen LogP) is 2.57. The largest absolute Gasteiger partial charge is 0.451 e. The number of furan rings is 1. The molecule has 0 bridgehead atoms. The van der Waals surface area contributed by atoms with Gasteiger partial charge in [0.05, 0.1) is 0 Å². The van der Waals surface area contributed by atoms with E-state index in [0.717, 1.165) is 4.47 Å². The Balaban J connectivity index is 2.30. The Morgan fingerprint density at radius 3 is 2.63 bits per heavy atom. The summed E-state index contributed by atoms with van der Waals surface area (Å²) in [6.45, 7) is 1.26. The molecule has 1 aromatic heterocycles. The summed E-state index contributed by atoms with van der Waals surface area (Å²) in [5.74, 6) is -0.480. The van der Waals surface area contributed by atoms with E-state index in [4.69, 9.17) is 10.2 Å². The van der Waals surface area contributed by atoms with Crippen molar-refractivity contribution in [1.29, 1.82) is 0 Å².